The molecule has 0 saturated carbocycles. The fourth-order valence-corrected chi connectivity index (χ4v) is 1.46. The predicted molar refractivity (Wildman–Crippen MR) is 77.7 cm³/mol. The van der Waals surface area contributed by atoms with Gasteiger partial charge in [0.25, 0.3) is 0 Å². The summed E-state index contributed by atoms with van der Waals surface area (Å²) >= 11 is 0. The van der Waals surface area contributed by atoms with Crippen LogP contribution >= 0.6 is 0 Å². The SMILES string of the molecule is CC(C)CNC(=O)C(C)NCCCN(C)C(C)C. The van der Waals surface area contributed by atoms with Gasteiger partial charge in [-0.1, -0.05) is 13.8 Å². The number of carbonyl (C=O) groups excluding carboxylic acids is 1. The monoisotopic (exact) mass is 257 g/mol. The maximum Gasteiger partial charge on any atom is 0.236 e. The molecule has 0 radical (unpaired) electrons. The number of nitrogens with one attached hydrogen (secondary N) is 2. The van der Waals surface area contributed by atoms with Gasteiger partial charge in [0.05, 0.1) is 6.04 Å². The Morgan fingerprint density at radius 3 is 2.28 bits per heavy atom. The van der Waals surface area contributed by atoms with Gasteiger partial charge in [-0.15, -0.1) is 0 Å². The summed E-state index contributed by atoms with van der Waals surface area (Å²) in [6, 6.07) is 0.477. The highest BCUT2D eigenvalue weighted by molar-refractivity contribution is 5.81. The van der Waals surface area contributed by atoms with Gasteiger partial charge < -0.3 is 15.5 Å². The molecule has 0 aliphatic rings. The molecule has 0 spiro atoms. The lowest BCUT2D eigenvalue weighted by Crippen LogP contribution is -2.44. The summed E-state index contributed by atoms with van der Waals surface area (Å²) < 4.78 is 0. The van der Waals surface area contributed by atoms with E-state index in [0.717, 1.165) is 26.1 Å². The Labute approximate surface area is 113 Å². The van der Waals surface area contributed by atoms with E-state index in [1.54, 1.807) is 0 Å². The Balaban J connectivity index is 3.63. The maximum absolute atomic E-state index is 11.7. The molecule has 0 rings (SSSR count). The highest BCUT2D eigenvalue weighted by atomic mass is 16.2. The number of hydrogen-bond donors (Lipinski definition) is 2. The zero-order chi connectivity index (χ0) is 14.1. The van der Waals surface area contributed by atoms with E-state index in [-0.39, 0.29) is 11.9 Å². The van der Waals surface area contributed by atoms with Gasteiger partial charge >= 0.3 is 0 Å². The van der Waals surface area contributed by atoms with Gasteiger partial charge in [0, 0.05) is 12.6 Å². The van der Waals surface area contributed by atoms with Crippen LogP contribution in [0, 0.1) is 5.92 Å². The van der Waals surface area contributed by atoms with Crippen molar-refractivity contribution in [3.8, 4) is 0 Å². The molecule has 1 atom stereocenters. The minimum Gasteiger partial charge on any atom is -0.354 e. The van der Waals surface area contributed by atoms with Gasteiger partial charge in [-0.3, -0.25) is 4.79 Å². The van der Waals surface area contributed by atoms with Gasteiger partial charge in [0.2, 0.25) is 5.91 Å². The fourth-order valence-electron chi connectivity index (χ4n) is 1.46. The Morgan fingerprint density at radius 2 is 1.78 bits per heavy atom. The van der Waals surface area contributed by atoms with Crippen molar-refractivity contribution in [1.82, 2.24) is 15.5 Å². The molecule has 0 fully saturated rings. The summed E-state index contributed by atoms with van der Waals surface area (Å²) in [7, 11) is 2.13. The first-order chi connectivity index (χ1) is 8.34. The van der Waals surface area contributed by atoms with Crippen molar-refractivity contribution in [2.45, 2.75) is 53.1 Å². The van der Waals surface area contributed by atoms with Crippen molar-refractivity contribution in [2.75, 3.05) is 26.7 Å². The normalized spacial score (nSPS) is 13.4. The van der Waals surface area contributed by atoms with Crippen molar-refractivity contribution >= 4 is 5.91 Å². The first kappa shape index (κ1) is 17.4. The summed E-state index contributed by atoms with van der Waals surface area (Å²) in [4.78, 5) is 14.0. The highest BCUT2D eigenvalue weighted by Crippen LogP contribution is 1.95. The molecule has 18 heavy (non-hydrogen) atoms. The predicted octanol–water partition coefficient (Wildman–Crippen LogP) is 1.47. The van der Waals surface area contributed by atoms with Crippen molar-refractivity contribution < 1.29 is 4.79 Å². The Hall–Kier alpha value is -0.610. The molecule has 1 amide bonds. The highest BCUT2D eigenvalue weighted by Gasteiger charge is 2.11. The lowest BCUT2D eigenvalue weighted by molar-refractivity contribution is -0.122. The van der Waals surface area contributed by atoms with Crippen LogP contribution in [0.5, 0.6) is 0 Å². The van der Waals surface area contributed by atoms with Crippen molar-refractivity contribution in [2.24, 2.45) is 5.92 Å². The molecule has 0 aliphatic heterocycles. The molecule has 0 aromatic rings. The van der Waals surface area contributed by atoms with Crippen LogP contribution in [0.3, 0.4) is 0 Å². The molecule has 0 aliphatic carbocycles. The van der Waals surface area contributed by atoms with E-state index in [2.05, 4.69) is 50.3 Å². The third kappa shape index (κ3) is 8.48. The molecule has 108 valence electrons. The molecule has 0 heterocycles. The summed E-state index contributed by atoms with van der Waals surface area (Å²) in [6.07, 6.45) is 1.07. The van der Waals surface area contributed by atoms with Crippen LogP contribution in [0.4, 0.5) is 0 Å². The average Bonchev–Trinajstić information content (AvgIpc) is 2.30. The van der Waals surface area contributed by atoms with Gasteiger partial charge in [-0.05, 0) is 53.2 Å². The molecule has 2 N–H and O–H groups in total. The second kappa shape index (κ2) is 9.34. The topological polar surface area (TPSA) is 44.4 Å². The number of amides is 1. The fraction of sp³-hybridized carbons (Fsp3) is 0.929. The lowest BCUT2D eigenvalue weighted by atomic mass is 10.2. The van der Waals surface area contributed by atoms with Crippen LogP contribution in [0.15, 0.2) is 0 Å². The first-order valence-electron chi connectivity index (χ1n) is 7.06. The average molecular weight is 257 g/mol. The van der Waals surface area contributed by atoms with Gasteiger partial charge in [-0.2, -0.15) is 0 Å². The molecule has 1 unspecified atom stereocenters. The van der Waals surface area contributed by atoms with Crippen LogP contribution in [0.25, 0.3) is 0 Å². The molecular weight excluding hydrogens is 226 g/mol. The van der Waals surface area contributed by atoms with Crippen molar-refractivity contribution in [1.29, 1.82) is 0 Å². The summed E-state index contributed by atoms with van der Waals surface area (Å²) in [5, 5.41) is 6.20. The van der Waals surface area contributed by atoms with Gasteiger partial charge in [0.15, 0.2) is 0 Å². The minimum atomic E-state index is -0.104. The quantitative estimate of drug-likeness (QED) is 0.615. The van der Waals surface area contributed by atoms with Crippen LogP contribution in [0.1, 0.15) is 41.0 Å². The second-order valence-corrected chi connectivity index (χ2v) is 5.74. The molecule has 0 saturated heterocycles. The third-order valence-corrected chi connectivity index (χ3v) is 3.10. The van der Waals surface area contributed by atoms with E-state index in [0.29, 0.717) is 12.0 Å². The Morgan fingerprint density at radius 1 is 1.17 bits per heavy atom. The number of nitrogens with zero attached hydrogens (tertiary/aromatic N) is 1. The van der Waals surface area contributed by atoms with Gasteiger partial charge in [0.1, 0.15) is 0 Å². The van der Waals surface area contributed by atoms with E-state index in [4.69, 9.17) is 0 Å². The van der Waals surface area contributed by atoms with E-state index >= 15 is 0 Å². The largest absolute Gasteiger partial charge is 0.354 e. The second-order valence-electron chi connectivity index (χ2n) is 5.74. The van der Waals surface area contributed by atoms with Crippen LogP contribution < -0.4 is 10.6 Å². The van der Waals surface area contributed by atoms with Crippen molar-refractivity contribution in [3.63, 3.8) is 0 Å². The van der Waals surface area contributed by atoms with Gasteiger partial charge in [-0.25, -0.2) is 0 Å². The van der Waals surface area contributed by atoms with E-state index in [1.807, 2.05) is 6.92 Å². The van der Waals surface area contributed by atoms with E-state index < -0.39 is 0 Å². The smallest absolute Gasteiger partial charge is 0.236 e. The number of hydrogen-bond acceptors (Lipinski definition) is 3. The van der Waals surface area contributed by atoms with E-state index in [9.17, 15) is 4.79 Å². The first-order valence-corrected chi connectivity index (χ1v) is 7.06. The zero-order valence-corrected chi connectivity index (χ0v) is 12.9. The van der Waals surface area contributed by atoms with Crippen LogP contribution in [-0.4, -0.2) is 49.6 Å². The standard InChI is InChI=1S/C14H31N3O/c1-11(2)10-16-14(18)13(5)15-8-7-9-17(6)12(3)4/h11-13,15H,7-10H2,1-6H3,(H,16,18). The van der Waals surface area contributed by atoms with E-state index in [1.165, 1.54) is 0 Å². The van der Waals surface area contributed by atoms with Crippen LogP contribution in [0.2, 0.25) is 0 Å². The molecule has 0 bridgehead atoms. The van der Waals surface area contributed by atoms with Crippen LogP contribution in [-0.2, 0) is 4.79 Å². The maximum atomic E-state index is 11.7. The lowest BCUT2D eigenvalue weighted by Gasteiger charge is -2.21. The molecule has 4 nitrogen and oxygen atoms in total. The number of carbonyl (C=O) groups is 1. The minimum absolute atomic E-state index is 0.0981. The number of rotatable bonds is 9. The summed E-state index contributed by atoms with van der Waals surface area (Å²) in [5.74, 6) is 0.599. The Kier molecular flexibility index (Phi) is 9.02. The van der Waals surface area contributed by atoms with Crippen molar-refractivity contribution in [3.05, 3.63) is 0 Å². The molecule has 4 heteroatoms. The zero-order valence-electron chi connectivity index (χ0n) is 12.9. The molecule has 0 aromatic carbocycles. The molecule has 0 aromatic heterocycles. The third-order valence-electron chi connectivity index (χ3n) is 3.10. The summed E-state index contributed by atoms with van der Waals surface area (Å²) in [5.41, 5.74) is 0. The molecular formula is C14H31N3O. The summed E-state index contributed by atoms with van der Waals surface area (Å²) in [6.45, 7) is 13.2. The Bertz CT molecular complexity index is 229.